The third-order valence-electron chi connectivity index (χ3n) is 4.24. The Morgan fingerprint density at radius 1 is 1.04 bits per heavy atom. The summed E-state index contributed by atoms with van der Waals surface area (Å²) in [5.41, 5.74) is 3.66. The summed E-state index contributed by atoms with van der Waals surface area (Å²) in [6.45, 7) is 1.93. The van der Waals surface area contributed by atoms with Crippen LogP contribution in [0.3, 0.4) is 0 Å². The van der Waals surface area contributed by atoms with Gasteiger partial charge in [0.1, 0.15) is 5.37 Å². The second kappa shape index (κ2) is 7.73. The summed E-state index contributed by atoms with van der Waals surface area (Å²) in [6.07, 6.45) is 0. The third kappa shape index (κ3) is 3.68. The summed E-state index contributed by atoms with van der Waals surface area (Å²) >= 11 is 8.82. The van der Waals surface area contributed by atoms with Crippen molar-refractivity contribution < 1.29 is 4.79 Å². The van der Waals surface area contributed by atoms with Crippen molar-refractivity contribution in [2.45, 2.75) is 12.3 Å². The van der Waals surface area contributed by atoms with Gasteiger partial charge in [0.2, 0.25) is 11.9 Å². The topological polar surface area (TPSA) is 46.1 Å². The zero-order valence-corrected chi connectivity index (χ0v) is 18.4. The fourth-order valence-electron chi connectivity index (χ4n) is 3.02. The van der Waals surface area contributed by atoms with E-state index in [1.54, 1.807) is 16.7 Å². The molecule has 1 fully saturated rings. The Balaban J connectivity index is 1.81. The lowest BCUT2D eigenvalue weighted by molar-refractivity contribution is -0.115. The summed E-state index contributed by atoms with van der Waals surface area (Å²) < 4.78 is 1.90. The number of anilines is 1. The van der Waals surface area contributed by atoms with Crippen LogP contribution in [0, 0.1) is 6.92 Å². The van der Waals surface area contributed by atoms with Crippen LogP contribution in [-0.2, 0) is 4.79 Å². The van der Waals surface area contributed by atoms with Crippen LogP contribution < -0.4 is 4.90 Å². The van der Waals surface area contributed by atoms with Gasteiger partial charge in [-0.1, -0.05) is 68.3 Å². The van der Waals surface area contributed by atoms with E-state index in [0.717, 1.165) is 31.5 Å². The van der Waals surface area contributed by atoms with Crippen molar-refractivity contribution in [1.29, 1.82) is 0 Å². The minimum atomic E-state index is -0.187. The molecule has 136 valence electrons. The number of aryl methyl sites for hydroxylation is 1. The van der Waals surface area contributed by atoms with Gasteiger partial charge in [-0.2, -0.15) is 0 Å². The highest BCUT2D eigenvalue weighted by molar-refractivity contribution is 9.11. The number of hydrogen-bond donors (Lipinski definition) is 0. The van der Waals surface area contributed by atoms with Gasteiger partial charge in [-0.3, -0.25) is 9.69 Å². The van der Waals surface area contributed by atoms with Crippen molar-refractivity contribution in [3.8, 4) is 11.3 Å². The average molecular weight is 505 g/mol. The predicted octanol–water partition coefficient (Wildman–Crippen LogP) is 5.76. The number of amides is 1. The highest BCUT2D eigenvalue weighted by atomic mass is 79.9. The Morgan fingerprint density at radius 2 is 1.74 bits per heavy atom. The summed E-state index contributed by atoms with van der Waals surface area (Å²) in [4.78, 5) is 23.7. The molecule has 1 aromatic heterocycles. The van der Waals surface area contributed by atoms with Gasteiger partial charge in [0.15, 0.2) is 0 Å². The van der Waals surface area contributed by atoms with Gasteiger partial charge in [-0.15, -0.1) is 11.8 Å². The molecule has 0 bridgehead atoms. The minimum Gasteiger partial charge on any atom is -0.273 e. The van der Waals surface area contributed by atoms with Crippen LogP contribution in [0.2, 0.25) is 0 Å². The third-order valence-corrected chi connectivity index (χ3v) is 6.80. The van der Waals surface area contributed by atoms with E-state index in [9.17, 15) is 4.79 Å². The molecule has 3 aromatic rings. The zero-order chi connectivity index (χ0) is 19.0. The van der Waals surface area contributed by atoms with Gasteiger partial charge in [-0.25, -0.2) is 9.97 Å². The zero-order valence-electron chi connectivity index (χ0n) is 14.4. The van der Waals surface area contributed by atoms with Crippen LogP contribution in [0.4, 0.5) is 5.95 Å². The molecule has 0 unspecified atom stereocenters. The molecule has 1 aliphatic heterocycles. The molecule has 2 aromatic carbocycles. The van der Waals surface area contributed by atoms with E-state index < -0.39 is 0 Å². The molecule has 1 amide bonds. The molecule has 4 nitrogen and oxygen atoms in total. The lowest BCUT2D eigenvalue weighted by Gasteiger charge is -2.24. The SMILES string of the molecule is Cc1cc(-c2ccccc2)nc(N2C(=O)CS[C@H]2c2c(Br)cccc2Br)n1. The summed E-state index contributed by atoms with van der Waals surface area (Å²) in [5, 5.41) is -0.187. The number of aromatic nitrogens is 2. The van der Waals surface area contributed by atoms with Crippen LogP contribution >= 0.6 is 43.6 Å². The fourth-order valence-corrected chi connectivity index (χ4v) is 5.97. The normalized spacial score (nSPS) is 16.8. The van der Waals surface area contributed by atoms with Gasteiger partial charge in [-0.05, 0) is 25.1 Å². The van der Waals surface area contributed by atoms with Crippen LogP contribution in [0.1, 0.15) is 16.6 Å². The van der Waals surface area contributed by atoms with E-state index in [-0.39, 0.29) is 11.3 Å². The molecule has 1 saturated heterocycles. The first kappa shape index (κ1) is 18.7. The molecule has 27 heavy (non-hydrogen) atoms. The molecular weight excluding hydrogens is 490 g/mol. The molecule has 4 rings (SSSR count). The van der Waals surface area contributed by atoms with Crippen molar-refractivity contribution in [3.05, 3.63) is 74.8 Å². The van der Waals surface area contributed by atoms with Crippen molar-refractivity contribution in [3.63, 3.8) is 0 Å². The number of benzene rings is 2. The highest BCUT2D eigenvalue weighted by Crippen LogP contribution is 2.46. The maximum Gasteiger partial charge on any atom is 0.240 e. The van der Waals surface area contributed by atoms with Crippen LogP contribution in [0.15, 0.2) is 63.5 Å². The lowest BCUT2D eigenvalue weighted by Crippen LogP contribution is -2.30. The number of halogens is 2. The molecule has 0 spiro atoms. The number of hydrogen-bond acceptors (Lipinski definition) is 4. The highest BCUT2D eigenvalue weighted by Gasteiger charge is 2.38. The standard InChI is InChI=1S/C20H15Br2N3OS/c1-12-10-16(13-6-3-2-4-7-13)24-20(23-12)25-17(26)11-27-19(25)18-14(21)8-5-9-15(18)22/h2-10,19H,11H2,1H3/t19-/m0/s1. The minimum absolute atomic E-state index is 0.0114. The number of nitrogens with zero attached hydrogens (tertiary/aromatic N) is 3. The number of rotatable bonds is 3. The Morgan fingerprint density at radius 3 is 2.44 bits per heavy atom. The maximum absolute atomic E-state index is 12.7. The molecule has 0 radical (unpaired) electrons. The second-order valence-electron chi connectivity index (χ2n) is 6.12. The lowest BCUT2D eigenvalue weighted by atomic mass is 10.1. The van der Waals surface area contributed by atoms with Crippen LogP contribution in [-0.4, -0.2) is 21.6 Å². The molecule has 7 heteroatoms. The van der Waals surface area contributed by atoms with Crippen LogP contribution in [0.5, 0.6) is 0 Å². The number of thioether (sulfide) groups is 1. The monoisotopic (exact) mass is 503 g/mol. The van der Waals surface area contributed by atoms with E-state index in [1.807, 2.05) is 61.5 Å². The van der Waals surface area contributed by atoms with Gasteiger partial charge in [0, 0.05) is 25.8 Å². The van der Waals surface area contributed by atoms with Crippen molar-refractivity contribution in [2.24, 2.45) is 0 Å². The second-order valence-corrected chi connectivity index (χ2v) is 8.90. The molecule has 0 saturated carbocycles. The first-order valence-corrected chi connectivity index (χ1v) is 11.0. The van der Waals surface area contributed by atoms with E-state index >= 15 is 0 Å². The molecule has 0 aliphatic carbocycles. The first-order valence-electron chi connectivity index (χ1n) is 8.33. The first-order chi connectivity index (χ1) is 13.0. The summed E-state index contributed by atoms with van der Waals surface area (Å²) in [7, 11) is 0. The van der Waals surface area contributed by atoms with Crippen LogP contribution in [0.25, 0.3) is 11.3 Å². The van der Waals surface area contributed by atoms with E-state index in [0.29, 0.717) is 11.7 Å². The average Bonchev–Trinajstić information content (AvgIpc) is 3.03. The Kier molecular flexibility index (Phi) is 5.34. The largest absolute Gasteiger partial charge is 0.273 e. The quantitative estimate of drug-likeness (QED) is 0.455. The number of carbonyl (C=O) groups is 1. The smallest absolute Gasteiger partial charge is 0.240 e. The fraction of sp³-hybridized carbons (Fsp3) is 0.150. The van der Waals surface area contributed by atoms with Gasteiger partial charge in [0.25, 0.3) is 0 Å². The Labute approximate surface area is 178 Å². The van der Waals surface area contributed by atoms with E-state index in [2.05, 4.69) is 36.8 Å². The Hall–Kier alpha value is -1.70. The molecule has 1 aliphatic rings. The molecular formula is C20H15Br2N3OS. The Bertz CT molecular complexity index is 993. The van der Waals surface area contributed by atoms with Crippen molar-refractivity contribution >= 4 is 55.5 Å². The van der Waals surface area contributed by atoms with Gasteiger partial charge < -0.3 is 0 Å². The maximum atomic E-state index is 12.7. The van der Waals surface area contributed by atoms with Crippen molar-refractivity contribution in [1.82, 2.24) is 9.97 Å². The summed E-state index contributed by atoms with van der Waals surface area (Å²) in [6, 6.07) is 17.8. The van der Waals surface area contributed by atoms with Crippen molar-refractivity contribution in [2.75, 3.05) is 10.7 Å². The van der Waals surface area contributed by atoms with Gasteiger partial charge >= 0.3 is 0 Å². The molecule has 1 atom stereocenters. The summed E-state index contributed by atoms with van der Waals surface area (Å²) in [5.74, 6) is 0.852. The molecule has 0 N–H and O–H groups in total. The van der Waals surface area contributed by atoms with Gasteiger partial charge in [0.05, 0.1) is 11.4 Å². The predicted molar refractivity (Wildman–Crippen MR) is 117 cm³/mol. The number of carbonyl (C=O) groups excluding carboxylic acids is 1. The van der Waals surface area contributed by atoms with E-state index in [1.165, 1.54) is 0 Å². The van der Waals surface area contributed by atoms with E-state index in [4.69, 9.17) is 4.98 Å². The molecule has 2 heterocycles.